The second-order valence-electron chi connectivity index (χ2n) is 4.85. The van der Waals surface area contributed by atoms with Crippen LogP contribution in [0.3, 0.4) is 0 Å². The summed E-state index contributed by atoms with van der Waals surface area (Å²) in [5.41, 5.74) is -0.259. The van der Waals surface area contributed by atoms with Gasteiger partial charge in [-0.15, -0.1) is 12.4 Å². The van der Waals surface area contributed by atoms with Gasteiger partial charge in [0.1, 0.15) is 6.54 Å². The summed E-state index contributed by atoms with van der Waals surface area (Å²) in [6.07, 6.45) is -2.79. The van der Waals surface area contributed by atoms with Gasteiger partial charge in [-0.25, -0.2) is 4.72 Å². The largest absolute Gasteiger partial charge is 0.402 e. The molecular weight excluding hydrogens is 307 g/mol. The topological polar surface area (TPSA) is 70.2 Å². The average Bonchev–Trinajstić information content (AvgIpc) is 2.25. The van der Waals surface area contributed by atoms with E-state index in [1.54, 1.807) is 0 Å². The number of rotatable bonds is 5. The highest BCUT2D eigenvalue weighted by Gasteiger charge is 2.31. The van der Waals surface area contributed by atoms with Gasteiger partial charge in [-0.1, -0.05) is 6.92 Å². The van der Waals surface area contributed by atoms with Gasteiger partial charge in [-0.2, -0.15) is 26.3 Å². The minimum atomic E-state index is -4.55. The number of halogens is 4. The molecule has 0 aromatic rings. The van der Waals surface area contributed by atoms with E-state index in [9.17, 15) is 21.6 Å². The van der Waals surface area contributed by atoms with Crippen LogP contribution in [0.4, 0.5) is 13.2 Å². The Morgan fingerprint density at radius 2 is 1.95 bits per heavy atom. The van der Waals surface area contributed by atoms with Gasteiger partial charge < -0.3 is 5.32 Å². The maximum atomic E-state index is 11.9. The summed E-state index contributed by atoms with van der Waals surface area (Å²) in [7, 11) is -4.10. The van der Waals surface area contributed by atoms with Gasteiger partial charge in [0, 0.05) is 13.1 Å². The fraction of sp³-hybridized carbons (Fsp3) is 1.00. The Morgan fingerprint density at radius 3 is 2.42 bits per heavy atom. The molecule has 0 saturated carbocycles. The lowest BCUT2D eigenvalue weighted by Gasteiger charge is -2.34. The molecule has 10 heteroatoms. The molecule has 1 unspecified atom stereocenters. The molecule has 5 nitrogen and oxygen atoms in total. The molecule has 1 heterocycles. The third kappa shape index (κ3) is 7.93. The molecule has 0 aromatic carbocycles. The molecule has 1 atom stereocenters. The van der Waals surface area contributed by atoms with Crippen LogP contribution in [0.1, 0.15) is 19.8 Å². The zero-order valence-corrected chi connectivity index (χ0v) is 12.1. The van der Waals surface area contributed by atoms with Crippen LogP contribution in [0, 0.1) is 5.41 Å². The van der Waals surface area contributed by atoms with Crippen LogP contribution in [0.5, 0.6) is 0 Å². The van der Waals surface area contributed by atoms with E-state index in [-0.39, 0.29) is 24.4 Å². The quantitative estimate of drug-likeness (QED) is 0.700. The Labute approximate surface area is 117 Å². The standard InChI is InChI=1S/C9H18F3N3O2S.ClH/c1-8(3-2-4-13-5-8)6-14-18(16,17)15-7-9(10,11)12;/h13-15H,2-7H2,1H3;1H. The number of piperidine rings is 1. The van der Waals surface area contributed by atoms with Crippen LogP contribution in [-0.4, -0.2) is 40.8 Å². The Kier molecular flexibility index (Phi) is 7.04. The van der Waals surface area contributed by atoms with Crippen LogP contribution < -0.4 is 14.8 Å². The summed E-state index contributed by atoms with van der Waals surface area (Å²) in [6, 6.07) is 0. The first kappa shape index (κ1) is 18.9. The van der Waals surface area contributed by atoms with Gasteiger partial charge in [0.15, 0.2) is 0 Å². The summed E-state index contributed by atoms with van der Waals surface area (Å²) < 4.78 is 61.9. The molecule has 0 spiro atoms. The lowest BCUT2D eigenvalue weighted by Crippen LogP contribution is -2.49. The molecule has 19 heavy (non-hydrogen) atoms. The van der Waals surface area contributed by atoms with E-state index in [2.05, 4.69) is 10.0 Å². The van der Waals surface area contributed by atoms with Crippen LogP contribution >= 0.6 is 12.4 Å². The molecule has 0 amide bonds. The molecule has 116 valence electrons. The fourth-order valence-electron chi connectivity index (χ4n) is 1.77. The van der Waals surface area contributed by atoms with Crippen molar-refractivity contribution in [3.63, 3.8) is 0 Å². The van der Waals surface area contributed by atoms with Gasteiger partial charge in [0.25, 0.3) is 10.2 Å². The van der Waals surface area contributed by atoms with Crippen molar-refractivity contribution < 1.29 is 21.6 Å². The Morgan fingerprint density at radius 1 is 1.32 bits per heavy atom. The van der Waals surface area contributed by atoms with Crippen LogP contribution in [0.2, 0.25) is 0 Å². The first-order chi connectivity index (χ1) is 8.12. The molecule has 1 fully saturated rings. The van der Waals surface area contributed by atoms with Crippen molar-refractivity contribution in [2.45, 2.75) is 25.9 Å². The highest BCUT2D eigenvalue weighted by atomic mass is 35.5. The Bertz CT molecular complexity index is 369. The predicted molar refractivity (Wildman–Crippen MR) is 68.4 cm³/mol. The molecule has 1 saturated heterocycles. The minimum Gasteiger partial charge on any atom is -0.316 e. The maximum absolute atomic E-state index is 11.9. The van der Waals surface area contributed by atoms with E-state index in [0.29, 0.717) is 6.54 Å². The highest BCUT2D eigenvalue weighted by molar-refractivity contribution is 7.87. The van der Waals surface area contributed by atoms with E-state index < -0.39 is 22.9 Å². The van der Waals surface area contributed by atoms with Crippen LogP contribution in [-0.2, 0) is 10.2 Å². The molecule has 0 radical (unpaired) electrons. The molecule has 1 aliphatic heterocycles. The van der Waals surface area contributed by atoms with Crippen molar-refractivity contribution in [1.29, 1.82) is 0 Å². The second-order valence-corrected chi connectivity index (χ2v) is 6.44. The SMILES string of the molecule is CC1(CNS(=O)(=O)NCC(F)(F)F)CCCNC1.Cl. The zero-order chi connectivity index (χ0) is 13.9. The second kappa shape index (κ2) is 7.07. The third-order valence-electron chi connectivity index (χ3n) is 2.84. The monoisotopic (exact) mass is 325 g/mol. The van der Waals surface area contributed by atoms with Gasteiger partial charge in [0.2, 0.25) is 0 Å². The summed E-state index contributed by atoms with van der Waals surface area (Å²) in [6.45, 7) is 1.99. The van der Waals surface area contributed by atoms with Crippen molar-refractivity contribution >= 4 is 22.6 Å². The maximum Gasteiger partial charge on any atom is 0.402 e. The van der Waals surface area contributed by atoms with Gasteiger partial charge >= 0.3 is 6.18 Å². The first-order valence-corrected chi connectivity index (χ1v) is 7.12. The van der Waals surface area contributed by atoms with E-state index in [4.69, 9.17) is 0 Å². The van der Waals surface area contributed by atoms with E-state index in [1.165, 1.54) is 4.72 Å². The molecule has 3 N–H and O–H groups in total. The van der Waals surface area contributed by atoms with Crippen LogP contribution in [0.25, 0.3) is 0 Å². The summed E-state index contributed by atoms with van der Waals surface area (Å²) in [5.74, 6) is 0. The number of hydrogen-bond acceptors (Lipinski definition) is 3. The van der Waals surface area contributed by atoms with Gasteiger partial charge in [0.05, 0.1) is 0 Å². The van der Waals surface area contributed by atoms with Crippen molar-refractivity contribution in [2.75, 3.05) is 26.2 Å². The Balaban J connectivity index is 0.00000324. The highest BCUT2D eigenvalue weighted by Crippen LogP contribution is 2.24. The number of hydrogen-bond donors (Lipinski definition) is 3. The molecule has 0 aromatic heterocycles. The van der Waals surface area contributed by atoms with Crippen molar-refractivity contribution in [1.82, 2.24) is 14.8 Å². The Hall–Kier alpha value is -0.0900. The lowest BCUT2D eigenvalue weighted by molar-refractivity contribution is -0.121. The zero-order valence-electron chi connectivity index (χ0n) is 10.5. The van der Waals surface area contributed by atoms with E-state index >= 15 is 0 Å². The number of alkyl halides is 3. The lowest BCUT2D eigenvalue weighted by atomic mass is 9.83. The molecule has 1 rings (SSSR count). The average molecular weight is 326 g/mol. The minimum absolute atomic E-state index is 0. The van der Waals surface area contributed by atoms with Crippen molar-refractivity contribution in [3.8, 4) is 0 Å². The van der Waals surface area contributed by atoms with E-state index in [1.807, 2.05) is 6.92 Å². The van der Waals surface area contributed by atoms with Crippen molar-refractivity contribution in [3.05, 3.63) is 0 Å². The van der Waals surface area contributed by atoms with Gasteiger partial charge in [-0.05, 0) is 24.8 Å². The predicted octanol–water partition coefficient (Wildman–Crippen LogP) is 0.784. The first-order valence-electron chi connectivity index (χ1n) is 5.64. The van der Waals surface area contributed by atoms with Gasteiger partial charge in [-0.3, -0.25) is 0 Å². The smallest absolute Gasteiger partial charge is 0.316 e. The fourth-order valence-corrected chi connectivity index (χ4v) is 2.76. The van der Waals surface area contributed by atoms with Crippen LogP contribution in [0.15, 0.2) is 0 Å². The molecule has 0 aliphatic carbocycles. The third-order valence-corrected chi connectivity index (χ3v) is 3.89. The normalized spacial score (nSPS) is 24.8. The molecule has 0 bridgehead atoms. The number of nitrogens with one attached hydrogen (secondary N) is 3. The van der Waals surface area contributed by atoms with E-state index in [0.717, 1.165) is 19.4 Å². The van der Waals surface area contributed by atoms with Crippen molar-refractivity contribution in [2.24, 2.45) is 5.41 Å². The summed E-state index contributed by atoms with van der Waals surface area (Å²) in [4.78, 5) is 0. The summed E-state index contributed by atoms with van der Waals surface area (Å²) >= 11 is 0. The molecule has 1 aliphatic rings. The summed E-state index contributed by atoms with van der Waals surface area (Å²) in [5, 5.41) is 3.13. The molecular formula is C9H19ClF3N3O2S.